The van der Waals surface area contributed by atoms with Gasteiger partial charge in [-0.3, -0.25) is 0 Å². The highest BCUT2D eigenvalue weighted by Crippen LogP contribution is 2.12. The van der Waals surface area contributed by atoms with Crippen LogP contribution in [0.1, 0.15) is 30.0 Å². The van der Waals surface area contributed by atoms with E-state index in [4.69, 9.17) is 5.11 Å². The first-order valence-corrected chi connectivity index (χ1v) is 5.58. The Morgan fingerprint density at radius 2 is 2.07 bits per heavy atom. The normalized spacial score (nSPS) is 12.8. The smallest absolute Gasteiger partial charge is 0.0584 e. The molecule has 0 unspecified atom stereocenters. The summed E-state index contributed by atoms with van der Waals surface area (Å²) in [5, 5.41) is 12.4. The lowest BCUT2D eigenvalue weighted by molar-refractivity contribution is 0.238. The predicted octanol–water partition coefficient (Wildman–Crippen LogP) is 2.16. The molecule has 2 nitrogen and oxygen atoms in total. The monoisotopic (exact) mass is 207 g/mol. The Labute approximate surface area is 92.3 Å². The van der Waals surface area contributed by atoms with Gasteiger partial charge >= 0.3 is 0 Å². The number of aryl methyl sites for hydroxylation is 1. The summed E-state index contributed by atoms with van der Waals surface area (Å²) in [4.78, 5) is 0. The van der Waals surface area contributed by atoms with Crippen LogP contribution >= 0.6 is 0 Å². The largest absolute Gasteiger partial charge is 0.395 e. The van der Waals surface area contributed by atoms with Crippen molar-refractivity contribution in [3.05, 3.63) is 34.9 Å². The molecule has 0 saturated carbocycles. The van der Waals surface area contributed by atoms with E-state index in [2.05, 4.69) is 44.3 Å². The lowest BCUT2D eigenvalue weighted by Gasteiger charge is -2.15. The van der Waals surface area contributed by atoms with E-state index in [0.29, 0.717) is 0 Å². The van der Waals surface area contributed by atoms with Crippen LogP contribution in [0.4, 0.5) is 0 Å². The SMILES string of the molecule is CC[C@H](CO)NCc1cccc(C)c1C. The number of hydrogen-bond acceptors (Lipinski definition) is 2. The quantitative estimate of drug-likeness (QED) is 0.775. The fraction of sp³-hybridized carbons (Fsp3) is 0.538. The Bertz CT molecular complexity index is 305. The molecule has 0 aliphatic carbocycles. The first-order chi connectivity index (χ1) is 7.19. The van der Waals surface area contributed by atoms with E-state index in [1.807, 2.05) is 0 Å². The van der Waals surface area contributed by atoms with Crippen LogP contribution in [0.5, 0.6) is 0 Å². The maximum atomic E-state index is 9.07. The molecule has 1 rings (SSSR count). The number of aliphatic hydroxyl groups excluding tert-OH is 1. The minimum Gasteiger partial charge on any atom is -0.395 e. The highest BCUT2D eigenvalue weighted by Gasteiger charge is 2.05. The summed E-state index contributed by atoms with van der Waals surface area (Å²) in [6, 6.07) is 6.56. The van der Waals surface area contributed by atoms with Gasteiger partial charge in [0, 0.05) is 12.6 Å². The van der Waals surface area contributed by atoms with Crippen molar-refractivity contribution in [2.75, 3.05) is 6.61 Å². The first-order valence-electron chi connectivity index (χ1n) is 5.58. The minimum atomic E-state index is 0.210. The van der Waals surface area contributed by atoms with Crippen LogP contribution in [0.2, 0.25) is 0 Å². The second kappa shape index (κ2) is 5.89. The predicted molar refractivity (Wildman–Crippen MR) is 63.9 cm³/mol. The summed E-state index contributed by atoms with van der Waals surface area (Å²) >= 11 is 0. The molecule has 1 atom stereocenters. The van der Waals surface area contributed by atoms with Crippen LogP contribution in [0.15, 0.2) is 18.2 Å². The highest BCUT2D eigenvalue weighted by molar-refractivity contribution is 5.32. The molecule has 0 amide bonds. The van der Waals surface area contributed by atoms with E-state index in [0.717, 1.165) is 13.0 Å². The molecule has 0 bridgehead atoms. The standard InChI is InChI=1S/C13H21NO/c1-4-13(9-15)14-8-12-7-5-6-10(2)11(12)3/h5-7,13-15H,4,8-9H2,1-3H3/t13-/m1/s1. The third kappa shape index (κ3) is 3.33. The van der Waals surface area contributed by atoms with E-state index < -0.39 is 0 Å². The maximum absolute atomic E-state index is 9.07. The Morgan fingerprint density at radius 1 is 1.33 bits per heavy atom. The van der Waals surface area contributed by atoms with Gasteiger partial charge in [-0.05, 0) is 37.0 Å². The van der Waals surface area contributed by atoms with Gasteiger partial charge in [0.2, 0.25) is 0 Å². The average molecular weight is 207 g/mol. The van der Waals surface area contributed by atoms with Crippen LogP contribution < -0.4 is 5.32 Å². The summed E-state index contributed by atoms with van der Waals surface area (Å²) < 4.78 is 0. The zero-order chi connectivity index (χ0) is 11.3. The van der Waals surface area contributed by atoms with Crippen LogP contribution in [0.3, 0.4) is 0 Å². The van der Waals surface area contributed by atoms with Gasteiger partial charge in [-0.1, -0.05) is 25.1 Å². The van der Waals surface area contributed by atoms with Gasteiger partial charge in [-0.25, -0.2) is 0 Å². The van der Waals surface area contributed by atoms with E-state index in [9.17, 15) is 0 Å². The highest BCUT2D eigenvalue weighted by atomic mass is 16.3. The van der Waals surface area contributed by atoms with Crippen molar-refractivity contribution < 1.29 is 5.11 Å². The Morgan fingerprint density at radius 3 is 2.67 bits per heavy atom. The van der Waals surface area contributed by atoms with Crippen molar-refractivity contribution >= 4 is 0 Å². The van der Waals surface area contributed by atoms with Gasteiger partial charge in [0.1, 0.15) is 0 Å². The average Bonchev–Trinajstić information content (AvgIpc) is 2.25. The fourth-order valence-corrected chi connectivity index (χ4v) is 1.60. The topological polar surface area (TPSA) is 32.3 Å². The molecule has 0 aliphatic rings. The summed E-state index contributed by atoms with van der Waals surface area (Å²) in [6.45, 7) is 7.40. The zero-order valence-electron chi connectivity index (χ0n) is 9.88. The van der Waals surface area contributed by atoms with E-state index in [1.54, 1.807) is 0 Å². The fourth-order valence-electron chi connectivity index (χ4n) is 1.60. The van der Waals surface area contributed by atoms with Crippen LogP contribution in [0, 0.1) is 13.8 Å². The van der Waals surface area contributed by atoms with Crippen molar-refractivity contribution in [2.45, 2.75) is 39.8 Å². The van der Waals surface area contributed by atoms with Gasteiger partial charge in [-0.15, -0.1) is 0 Å². The van der Waals surface area contributed by atoms with Crippen LogP contribution in [0.25, 0.3) is 0 Å². The van der Waals surface area contributed by atoms with Gasteiger partial charge in [0.05, 0.1) is 6.61 Å². The lowest BCUT2D eigenvalue weighted by atomic mass is 10.0. The number of benzene rings is 1. The molecule has 1 aromatic carbocycles. The second-order valence-corrected chi connectivity index (χ2v) is 4.03. The molecule has 84 valence electrons. The van der Waals surface area contributed by atoms with Crippen molar-refractivity contribution in [3.63, 3.8) is 0 Å². The van der Waals surface area contributed by atoms with Gasteiger partial charge in [-0.2, -0.15) is 0 Å². The molecule has 0 radical (unpaired) electrons. The van der Waals surface area contributed by atoms with Crippen molar-refractivity contribution in [1.82, 2.24) is 5.32 Å². The van der Waals surface area contributed by atoms with Gasteiger partial charge in [0.15, 0.2) is 0 Å². The molecule has 0 fully saturated rings. The Kier molecular flexibility index (Phi) is 4.79. The molecule has 0 aliphatic heterocycles. The van der Waals surface area contributed by atoms with Gasteiger partial charge in [0.25, 0.3) is 0 Å². The van der Waals surface area contributed by atoms with E-state index in [-0.39, 0.29) is 12.6 Å². The van der Waals surface area contributed by atoms with Crippen LogP contribution in [-0.4, -0.2) is 17.8 Å². The third-order valence-corrected chi connectivity index (χ3v) is 3.01. The Hall–Kier alpha value is -0.860. The zero-order valence-corrected chi connectivity index (χ0v) is 9.88. The van der Waals surface area contributed by atoms with Crippen molar-refractivity contribution in [1.29, 1.82) is 0 Å². The molecule has 2 heteroatoms. The number of aliphatic hydroxyl groups is 1. The second-order valence-electron chi connectivity index (χ2n) is 4.03. The Balaban J connectivity index is 2.61. The summed E-state index contributed by atoms with van der Waals surface area (Å²) in [5.74, 6) is 0. The summed E-state index contributed by atoms with van der Waals surface area (Å²) in [7, 11) is 0. The maximum Gasteiger partial charge on any atom is 0.0584 e. The van der Waals surface area contributed by atoms with Crippen LogP contribution in [-0.2, 0) is 6.54 Å². The van der Waals surface area contributed by atoms with E-state index in [1.165, 1.54) is 16.7 Å². The summed E-state index contributed by atoms with van der Waals surface area (Å²) in [5.41, 5.74) is 3.99. The molecule has 0 saturated heterocycles. The molecule has 0 heterocycles. The third-order valence-electron chi connectivity index (χ3n) is 3.01. The lowest BCUT2D eigenvalue weighted by Crippen LogP contribution is -2.31. The molecule has 2 N–H and O–H groups in total. The molecule has 0 spiro atoms. The molecular formula is C13H21NO. The van der Waals surface area contributed by atoms with Crippen molar-refractivity contribution in [3.8, 4) is 0 Å². The minimum absolute atomic E-state index is 0.210. The van der Waals surface area contributed by atoms with E-state index >= 15 is 0 Å². The van der Waals surface area contributed by atoms with Crippen molar-refractivity contribution in [2.24, 2.45) is 0 Å². The number of nitrogens with one attached hydrogen (secondary N) is 1. The van der Waals surface area contributed by atoms with Gasteiger partial charge < -0.3 is 10.4 Å². The first kappa shape index (κ1) is 12.2. The summed E-state index contributed by atoms with van der Waals surface area (Å²) in [6.07, 6.45) is 0.960. The molecule has 0 aromatic heterocycles. The molecule has 1 aromatic rings. The molecule has 15 heavy (non-hydrogen) atoms. The number of rotatable bonds is 5. The molecular weight excluding hydrogens is 186 g/mol. The number of hydrogen-bond donors (Lipinski definition) is 2.